The fourth-order valence-electron chi connectivity index (χ4n) is 3.03. The van der Waals surface area contributed by atoms with E-state index in [4.69, 9.17) is 0 Å². The van der Waals surface area contributed by atoms with Gasteiger partial charge in [-0.2, -0.15) is 0 Å². The van der Waals surface area contributed by atoms with E-state index in [-0.39, 0.29) is 10.8 Å². The van der Waals surface area contributed by atoms with Gasteiger partial charge in [0.1, 0.15) is 0 Å². The lowest BCUT2D eigenvalue weighted by Gasteiger charge is -2.16. The van der Waals surface area contributed by atoms with Crippen LogP contribution in [0.25, 0.3) is 0 Å². The van der Waals surface area contributed by atoms with E-state index in [1.807, 2.05) is 6.07 Å². The zero-order valence-corrected chi connectivity index (χ0v) is 17.7. The second-order valence-electron chi connectivity index (χ2n) is 7.08. The molecule has 0 aliphatic carbocycles. The first-order valence-corrected chi connectivity index (χ1v) is 11.3. The number of aryl methyl sites for hydroxylation is 1. The Bertz CT molecular complexity index is 880. The third kappa shape index (κ3) is 6.09. The Kier molecular flexibility index (Phi) is 8.05. The Labute approximate surface area is 168 Å². The van der Waals surface area contributed by atoms with Crippen LogP contribution in [0, 0.1) is 12.8 Å². The normalized spacial score (nSPS) is 12.4. The molecule has 0 aliphatic heterocycles. The van der Waals surface area contributed by atoms with Crippen LogP contribution >= 0.6 is 0 Å². The Morgan fingerprint density at radius 2 is 1.79 bits per heavy atom. The number of nitrogens with one attached hydrogen (secondary N) is 2. The summed E-state index contributed by atoms with van der Waals surface area (Å²) in [6.07, 6.45) is 4.38. The molecule has 0 saturated carbocycles. The molecule has 2 aromatic rings. The van der Waals surface area contributed by atoms with E-state index >= 15 is 0 Å². The van der Waals surface area contributed by atoms with Crippen molar-refractivity contribution in [1.82, 2.24) is 5.32 Å². The van der Waals surface area contributed by atoms with Gasteiger partial charge in [0.05, 0.1) is 4.90 Å². The zero-order chi connectivity index (χ0) is 20.6. The summed E-state index contributed by atoms with van der Waals surface area (Å²) in [5.41, 5.74) is 1.43. The number of benzene rings is 2. The predicted molar refractivity (Wildman–Crippen MR) is 114 cm³/mol. The van der Waals surface area contributed by atoms with Crippen LogP contribution in [0.2, 0.25) is 0 Å². The van der Waals surface area contributed by atoms with Crippen molar-refractivity contribution in [2.75, 3.05) is 11.3 Å². The van der Waals surface area contributed by atoms with Crippen molar-refractivity contribution in [3.8, 4) is 0 Å². The SMILES string of the molecule is CCCCC(CC)CNC(=O)c1ccc(C)c(S(=O)(=O)Nc2ccccc2)c1. The van der Waals surface area contributed by atoms with Gasteiger partial charge in [0, 0.05) is 17.8 Å². The van der Waals surface area contributed by atoms with Gasteiger partial charge < -0.3 is 5.32 Å². The maximum Gasteiger partial charge on any atom is 0.262 e. The molecule has 0 aromatic heterocycles. The zero-order valence-electron chi connectivity index (χ0n) is 16.9. The fourth-order valence-corrected chi connectivity index (χ4v) is 4.36. The van der Waals surface area contributed by atoms with Crippen LogP contribution < -0.4 is 10.0 Å². The summed E-state index contributed by atoms with van der Waals surface area (Å²) in [6.45, 7) is 6.61. The molecular weight excluding hydrogens is 372 g/mol. The Hall–Kier alpha value is -2.34. The quantitative estimate of drug-likeness (QED) is 0.603. The highest BCUT2D eigenvalue weighted by atomic mass is 32.2. The summed E-state index contributed by atoms with van der Waals surface area (Å²) in [6, 6.07) is 13.5. The van der Waals surface area contributed by atoms with Crippen LogP contribution in [0.1, 0.15) is 55.5 Å². The summed E-state index contributed by atoms with van der Waals surface area (Å²) in [7, 11) is -3.78. The van der Waals surface area contributed by atoms with Crippen molar-refractivity contribution in [3.63, 3.8) is 0 Å². The number of carbonyl (C=O) groups is 1. The van der Waals surface area contributed by atoms with Crippen molar-refractivity contribution < 1.29 is 13.2 Å². The number of rotatable bonds is 10. The second-order valence-corrected chi connectivity index (χ2v) is 8.73. The molecule has 0 aliphatic rings. The van der Waals surface area contributed by atoms with Crippen LogP contribution in [0.3, 0.4) is 0 Å². The third-order valence-corrected chi connectivity index (χ3v) is 6.38. The molecule has 0 heterocycles. The number of para-hydroxylation sites is 1. The molecular formula is C22H30N2O3S. The molecule has 28 heavy (non-hydrogen) atoms. The average molecular weight is 403 g/mol. The van der Waals surface area contributed by atoms with Crippen LogP contribution in [0.15, 0.2) is 53.4 Å². The Morgan fingerprint density at radius 1 is 1.07 bits per heavy atom. The Morgan fingerprint density at radius 3 is 2.43 bits per heavy atom. The first-order chi connectivity index (χ1) is 13.4. The van der Waals surface area contributed by atoms with Crippen LogP contribution in [0.5, 0.6) is 0 Å². The maximum atomic E-state index is 12.8. The van der Waals surface area contributed by atoms with E-state index in [2.05, 4.69) is 23.9 Å². The number of hydrogen-bond acceptors (Lipinski definition) is 3. The molecule has 2 rings (SSSR count). The molecule has 0 radical (unpaired) electrons. The average Bonchev–Trinajstić information content (AvgIpc) is 2.68. The molecule has 1 atom stereocenters. The van der Waals surface area contributed by atoms with Gasteiger partial charge in [-0.15, -0.1) is 0 Å². The second kappa shape index (κ2) is 10.3. The summed E-state index contributed by atoms with van der Waals surface area (Å²) in [5, 5.41) is 2.95. The van der Waals surface area contributed by atoms with Crippen LogP contribution in [-0.2, 0) is 10.0 Å². The van der Waals surface area contributed by atoms with Crippen molar-refractivity contribution >= 4 is 21.6 Å². The maximum absolute atomic E-state index is 12.8. The molecule has 6 heteroatoms. The van der Waals surface area contributed by atoms with Gasteiger partial charge in [-0.3, -0.25) is 9.52 Å². The van der Waals surface area contributed by atoms with E-state index in [1.54, 1.807) is 43.3 Å². The molecule has 2 N–H and O–H groups in total. The van der Waals surface area contributed by atoms with E-state index in [1.165, 1.54) is 6.07 Å². The summed E-state index contributed by atoms with van der Waals surface area (Å²) in [5.74, 6) is 0.198. The van der Waals surface area contributed by atoms with Crippen molar-refractivity contribution in [3.05, 3.63) is 59.7 Å². The highest BCUT2D eigenvalue weighted by Gasteiger charge is 2.19. The molecule has 0 saturated heterocycles. The van der Waals surface area contributed by atoms with Crippen molar-refractivity contribution in [2.45, 2.75) is 51.3 Å². The van der Waals surface area contributed by atoms with Gasteiger partial charge in [0.15, 0.2) is 0 Å². The lowest BCUT2D eigenvalue weighted by molar-refractivity contribution is 0.0945. The van der Waals surface area contributed by atoms with E-state index in [9.17, 15) is 13.2 Å². The van der Waals surface area contributed by atoms with Gasteiger partial charge in [0.25, 0.3) is 15.9 Å². The number of hydrogen-bond donors (Lipinski definition) is 2. The van der Waals surface area contributed by atoms with Crippen LogP contribution in [-0.4, -0.2) is 20.9 Å². The highest BCUT2D eigenvalue weighted by Crippen LogP contribution is 2.21. The summed E-state index contributed by atoms with van der Waals surface area (Å²) < 4.78 is 28.1. The van der Waals surface area contributed by atoms with Gasteiger partial charge in [-0.05, 0) is 49.1 Å². The molecule has 2 aromatic carbocycles. The lowest BCUT2D eigenvalue weighted by Crippen LogP contribution is -2.29. The summed E-state index contributed by atoms with van der Waals surface area (Å²) >= 11 is 0. The molecule has 152 valence electrons. The first kappa shape index (κ1) is 22.0. The number of anilines is 1. The molecule has 0 spiro atoms. The Balaban J connectivity index is 2.14. The predicted octanol–water partition coefficient (Wildman–Crippen LogP) is 4.74. The molecule has 5 nitrogen and oxygen atoms in total. The third-order valence-electron chi connectivity index (χ3n) is 4.86. The topological polar surface area (TPSA) is 75.3 Å². The number of unbranched alkanes of at least 4 members (excludes halogenated alkanes) is 1. The fraction of sp³-hybridized carbons (Fsp3) is 0.409. The van der Waals surface area contributed by atoms with Crippen LogP contribution in [0.4, 0.5) is 5.69 Å². The van der Waals surface area contributed by atoms with Gasteiger partial charge in [-0.25, -0.2) is 8.42 Å². The number of carbonyl (C=O) groups excluding carboxylic acids is 1. The molecule has 0 bridgehead atoms. The standard InChI is InChI=1S/C22H30N2O3S/c1-4-6-10-18(5-2)16-23-22(25)19-14-13-17(3)21(15-19)28(26,27)24-20-11-8-7-9-12-20/h7-9,11-15,18,24H,4-6,10,16H2,1-3H3,(H,23,25). The number of amides is 1. The van der Waals surface area contributed by atoms with Gasteiger partial charge >= 0.3 is 0 Å². The minimum Gasteiger partial charge on any atom is -0.352 e. The van der Waals surface area contributed by atoms with E-state index in [0.29, 0.717) is 29.3 Å². The van der Waals surface area contributed by atoms with E-state index in [0.717, 1.165) is 25.7 Å². The first-order valence-electron chi connectivity index (χ1n) is 9.84. The monoisotopic (exact) mass is 402 g/mol. The largest absolute Gasteiger partial charge is 0.352 e. The minimum atomic E-state index is -3.78. The minimum absolute atomic E-state index is 0.113. The van der Waals surface area contributed by atoms with Crippen molar-refractivity contribution in [2.24, 2.45) is 5.92 Å². The van der Waals surface area contributed by atoms with Crippen molar-refractivity contribution in [1.29, 1.82) is 0 Å². The number of sulfonamides is 1. The van der Waals surface area contributed by atoms with E-state index < -0.39 is 10.0 Å². The summed E-state index contributed by atoms with van der Waals surface area (Å²) in [4.78, 5) is 12.7. The molecule has 1 amide bonds. The smallest absolute Gasteiger partial charge is 0.262 e. The lowest BCUT2D eigenvalue weighted by atomic mass is 9.99. The van der Waals surface area contributed by atoms with Gasteiger partial charge in [-0.1, -0.05) is 57.4 Å². The molecule has 0 fully saturated rings. The molecule has 1 unspecified atom stereocenters. The highest BCUT2D eigenvalue weighted by molar-refractivity contribution is 7.92. The van der Waals surface area contributed by atoms with Gasteiger partial charge in [0.2, 0.25) is 0 Å².